The minimum absolute atomic E-state index is 0.0225. The van der Waals surface area contributed by atoms with Gasteiger partial charge in [0, 0.05) is 17.7 Å². The van der Waals surface area contributed by atoms with Crippen molar-refractivity contribution in [1.82, 2.24) is 0 Å². The fraction of sp³-hybridized carbons (Fsp3) is 0.952. The summed E-state index contributed by atoms with van der Waals surface area (Å²) in [7, 11) is 0. The molecule has 4 saturated carbocycles. The number of Topliss-reactive ketones (excluding diaryl/α,β-unsaturated/α-hetero) is 1. The molecule has 0 aromatic rings. The van der Waals surface area contributed by atoms with Crippen molar-refractivity contribution in [3.05, 3.63) is 0 Å². The Kier molecular flexibility index (Phi) is 4.57. The molecule has 7 atom stereocenters. The third-order valence-corrected chi connectivity index (χ3v) is 10.0. The van der Waals surface area contributed by atoms with Crippen LogP contribution in [0.3, 0.4) is 0 Å². The molecule has 0 saturated heterocycles. The van der Waals surface area contributed by atoms with Crippen LogP contribution in [0.25, 0.3) is 0 Å². The predicted molar refractivity (Wildman–Crippen MR) is 102 cm³/mol. The van der Waals surface area contributed by atoms with Crippen molar-refractivity contribution in [2.45, 2.75) is 76.9 Å². The zero-order valence-electron chi connectivity index (χ0n) is 15.6. The van der Waals surface area contributed by atoms with Crippen LogP contribution < -0.4 is 5.73 Å². The Morgan fingerprint density at radius 2 is 1.92 bits per heavy atom. The Labute approximate surface area is 152 Å². The minimum Gasteiger partial charge on any atom is -0.330 e. The van der Waals surface area contributed by atoms with E-state index in [0.29, 0.717) is 23.7 Å². The van der Waals surface area contributed by atoms with Gasteiger partial charge in [0.2, 0.25) is 0 Å². The van der Waals surface area contributed by atoms with Crippen LogP contribution in [0.2, 0.25) is 0 Å². The van der Waals surface area contributed by atoms with E-state index in [1.165, 1.54) is 44.9 Å². The SMILES string of the molecule is C[C@]12CCCCC1CCC1C2CC[C@@]2(C)C(=O)[C@H](SCCN)CC12. The van der Waals surface area contributed by atoms with Crippen molar-refractivity contribution >= 4 is 17.5 Å². The molecule has 0 aromatic carbocycles. The number of nitrogens with two attached hydrogens (primary N) is 1. The lowest BCUT2D eigenvalue weighted by Gasteiger charge is -2.59. The first kappa shape index (κ1) is 17.4. The second kappa shape index (κ2) is 6.30. The highest BCUT2D eigenvalue weighted by Crippen LogP contribution is 2.66. The maximum absolute atomic E-state index is 13.1. The van der Waals surface area contributed by atoms with Gasteiger partial charge in [0.15, 0.2) is 5.78 Å². The molecule has 2 N–H and O–H groups in total. The van der Waals surface area contributed by atoms with Crippen molar-refractivity contribution in [1.29, 1.82) is 0 Å². The van der Waals surface area contributed by atoms with E-state index < -0.39 is 0 Å². The van der Waals surface area contributed by atoms with E-state index in [9.17, 15) is 4.79 Å². The van der Waals surface area contributed by atoms with Crippen LogP contribution in [-0.2, 0) is 4.79 Å². The first-order chi connectivity index (χ1) is 11.5. The molecule has 0 aliphatic heterocycles. The molecule has 4 unspecified atom stereocenters. The van der Waals surface area contributed by atoms with Gasteiger partial charge >= 0.3 is 0 Å². The highest BCUT2D eigenvalue weighted by molar-refractivity contribution is 8.00. The molecule has 0 aromatic heterocycles. The first-order valence-electron chi connectivity index (χ1n) is 10.4. The number of carbonyl (C=O) groups excluding carboxylic acids is 1. The van der Waals surface area contributed by atoms with Crippen LogP contribution in [0.1, 0.15) is 71.6 Å². The van der Waals surface area contributed by atoms with Gasteiger partial charge < -0.3 is 5.73 Å². The average molecular weight is 350 g/mol. The van der Waals surface area contributed by atoms with Crippen molar-refractivity contribution < 1.29 is 4.79 Å². The van der Waals surface area contributed by atoms with Crippen LogP contribution in [0.4, 0.5) is 0 Å². The molecule has 4 aliphatic carbocycles. The van der Waals surface area contributed by atoms with E-state index in [1.54, 1.807) is 0 Å². The maximum Gasteiger partial charge on any atom is 0.151 e. The van der Waals surface area contributed by atoms with E-state index in [4.69, 9.17) is 5.73 Å². The van der Waals surface area contributed by atoms with E-state index in [-0.39, 0.29) is 10.7 Å². The summed E-state index contributed by atoms with van der Waals surface area (Å²) < 4.78 is 0. The van der Waals surface area contributed by atoms with Gasteiger partial charge in [-0.1, -0.05) is 26.7 Å². The quantitative estimate of drug-likeness (QED) is 0.806. The smallest absolute Gasteiger partial charge is 0.151 e. The van der Waals surface area contributed by atoms with Gasteiger partial charge in [-0.05, 0) is 74.0 Å². The molecule has 136 valence electrons. The maximum atomic E-state index is 13.1. The molecule has 4 rings (SSSR count). The second-order valence-corrected chi connectivity index (χ2v) is 10.9. The molecule has 0 radical (unpaired) electrons. The molecule has 0 spiro atoms. The highest BCUT2D eigenvalue weighted by atomic mass is 32.2. The standard InChI is InChI=1S/C21H35NOS/c1-20-9-4-3-5-14(20)6-7-15-16(20)8-10-21(2)17(15)13-18(19(21)23)24-12-11-22/h14-18H,3-13,22H2,1-2H3/t14?,15?,16?,17?,18-,20+,21-/m1/s1. The number of carbonyl (C=O) groups is 1. The van der Waals surface area contributed by atoms with Gasteiger partial charge in [0.1, 0.15) is 0 Å². The molecule has 24 heavy (non-hydrogen) atoms. The van der Waals surface area contributed by atoms with Crippen LogP contribution in [0, 0.1) is 34.5 Å². The largest absolute Gasteiger partial charge is 0.330 e. The van der Waals surface area contributed by atoms with Gasteiger partial charge in [-0.3, -0.25) is 4.79 Å². The van der Waals surface area contributed by atoms with Gasteiger partial charge in [-0.15, -0.1) is 11.8 Å². The fourth-order valence-corrected chi connectivity index (χ4v) is 8.60. The average Bonchev–Trinajstić information content (AvgIpc) is 2.84. The van der Waals surface area contributed by atoms with Crippen LogP contribution in [-0.4, -0.2) is 23.3 Å². The van der Waals surface area contributed by atoms with Crippen LogP contribution in [0.15, 0.2) is 0 Å². The lowest BCUT2D eigenvalue weighted by Crippen LogP contribution is -2.52. The topological polar surface area (TPSA) is 43.1 Å². The third-order valence-electron chi connectivity index (χ3n) is 8.73. The second-order valence-electron chi connectivity index (χ2n) is 9.61. The number of fused-ring (bicyclic) bond motifs is 5. The Balaban J connectivity index is 1.58. The van der Waals surface area contributed by atoms with Gasteiger partial charge in [0.05, 0.1) is 5.25 Å². The fourth-order valence-electron chi connectivity index (χ4n) is 7.42. The van der Waals surface area contributed by atoms with Crippen LogP contribution >= 0.6 is 11.8 Å². The third kappa shape index (κ3) is 2.44. The van der Waals surface area contributed by atoms with Gasteiger partial charge in [0.25, 0.3) is 0 Å². The summed E-state index contributed by atoms with van der Waals surface area (Å²) in [4.78, 5) is 13.1. The van der Waals surface area contributed by atoms with Crippen molar-refractivity contribution in [2.75, 3.05) is 12.3 Å². The number of hydrogen-bond donors (Lipinski definition) is 1. The first-order valence-corrected chi connectivity index (χ1v) is 11.4. The number of ketones is 1. The van der Waals surface area contributed by atoms with Crippen molar-refractivity contribution in [3.63, 3.8) is 0 Å². The molecular formula is C21H35NOS. The summed E-state index contributed by atoms with van der Waals surface area (Å²) in [6.07, 6.45) is 12.2. The molecule has 3 heteroatoms. The van der Waals surface area contributed by atoms with E-state index in [0.717, 1.165) is 36.3 Å². The lowest BCUT2D eigenvalue weighted by molar-refractivity contribution is -0.138. The summed E-state index contributed by atoms with van der Waals surface area (Å²) in [5, 5.41) is 0.235. The number of rotatable bonds is 3. The zero-order chi connectivity index (χ0) is 16.9. The van der Waals surface area contributed by atoms with Crippen molar-refractivity contribution in [2.24, 2.45) is 40.2 Å². The molecular weight excluding hydrogens is 314 g/mol. The molecule has 4 aliphatic rings. The van der Waals surface area contributed by atoms with Gasteiger partial charge in [-0.2, -0.15) is 0 Å². The Hall–Kier alpha value is -0.0200. The monoisotopic (exact) mass is 349 g/mol. The number of thioether (sulfide) groups is 1. The van der Waals surface area contributed by atoms with Gasteiger partial charge in [-0.25, -0.2) is 0 Å². The summed E-state index contributed by atoms with van der Waals surface area (Å²) in [6, 6.07) is 0. The molecule has 2 nitrogen and oxygen atoms in total. The minimum atomic E-state index is -0.0225. The summed E-state index contributed by atoms with van der Waals surface area (Å²) >= 11 is 1.84. The van der Waals surface area contributed by atoms with E-state index >= 15 is 0 Å². The number of hydrogen-bond acceptors (Lipinski definition) is 3. The van der Waals surface area contributed by atoms with E-state index in [1.807, 2.05) is 11.8 Å². The Morgan fingerprint density at radius 3 is 2.71 bits per heavy atom. The molecule has 0 bridgehead atoms. The summed E-state index contributed by atoms with van der Waals surface area (Å²) in [5.41, 5.74) is 6.25. The summed E-state index contributed by atoms with van der Waals surface area (Å²) in [5.74, 6) is 4.83. The van der Waals surface area contributed by atoms with Crippen molar-refractivity contribution in [3.8, 4) is 0 Å². The summed E-state index contributed by atoms with van der Waals surface area (Å²) in [6.45, 7) is 5.63. The molecule has 0 heterocycles. The predicted octanol–water partition coefficient (Wildman–Crippen LogP) is 4.66. The molecule has 4 fully saturated rings. The lowest BCUT2D eigenvalue weighted by atomic mass is 9.45. The Bertz CT molecular complexity index is 508. The van der Waals surface area contributed by atoms with E-state index in [2.05, 4.69) is 13.8 Å². The molecule has 0 amide bonds. The zero-order valence-corrected chi connectivity index (χ0v) is 16.4. The Morgan fingerprint density at radius 1 is 1.08 bits per heavy atom. The van der Waals surface area contributed by atoms with Crippen LogP contribution in [0.5, 0.6) is 0 Å². The normalized spacial score (nSPS) is 51.0. The highest BCUT2D eigenvalue weighted by Gasteiger charge is 2.61.